The van der Waals surface area contributed by atoms with Gasteiger partial charge in [0.15, 0.2) is 5.78 Å². The molecule has 0 spiro atoms. The molecular weight excluding hydrogens is 394 g/mol. The Kier molecular flexibility index (Phi) is 6.47. The van der Waals surface area contributed by atoms with Crippen LogP contribution in [0.2, 0.25) is 0 Å². The molecule has 1 heterocycles. The third-order valence-corrected chi connectivity index (χ3v) is 6.48. The first-order chi connectivity index (χ1) is 14.4. The maximum Gasteiger partial charge on any atom is 0.258 e. The number of benzene rings is 1. The lowest BCUT2D eigenvalue weighted by atomic mass is 9.58. The monoisotopic (exact) mass is 429 g/mol. The van der Waals surface area contributed by atoms with Crippen molar-refractivity contribution in [3.05, 3.63) is 46.4 Å². The highest BCUT2D eigenvalue weighted by Crippen LogP contribution is 2.51. The minimum Gasteiger partial charge on any atom is -0.394 e. The number of carbonyl (C=O) groups is 1. The highest BCUT2D eigenvalue weighted by molar-refractivity contribution is 6.07. The van der Waals surface area contributed by atoms with E-state index in [0.29, 0.717) is 35.6 Å². The average Bonchev–Trinajstić information content (AvgIpc) is 2.65. The molecule has 2 aromatic rings. The summed E-state index contributed by atoms with van der Waals surface area (Å²) in [5, 5.41) is 31.0. The van der Waals surface area contributed by atoms with Crippen LogP contribution in [-0.4, -0.2) is 44.5 Å². The van der Waals surface area contributed by atoms with Crippen molar-refractivity contribution in [2.45, 2.75) is 71.4 Å². The second-order valence-electron chi connectivity index (χ2n) is 10.8. The van der Waals surface area contributed by atoms with Crippen molar-refractivity contribution in [2.75, 3.05) is 13.2 Å². The smallest absolute Gasteiger partial charge is 0.258 e. The molecule has 1 aromatic heterocycles. The summed E-state index contributed by atoms with van der Waals surface area (Å²) in [7, 11) is 0. The van der Waals surface area contributed by atoms with Crippen molar-refractivity contribution in [3.8, 4) is 0 Å². The van der Waals surface area contributed by atoms with Crippen molar-refractivity contribution in [2.24, 2.45) is 10.8 Å². The predicted molar refractivity (Wildman–Crippen MR) is 121 cm³/mol. The molecule has 1 saturated carbocycles. The molecule has 0 unspecified atom stereocenters. The van der Waals surface area contributed by atoms with Crippen molar-refractivity contribution in [1.82, 2.24) is 4.57 Å². The van der Waals surface area contributed by atoms with Crippen molar-refractivity contribution >= 4 is 16.6 Å². The minimum absolute atomic E-state index is 0.0139. The molecule has 0 aliphatic heterocycles. The second-order valence-corrected chi connectivity index (χ2v) is 10.8. The molecule has 0 saturated heterocycles. The topological polar surface area (TPSA) is 99.8 Å². The molecule has 3 rings (SSSR count). The molecule has 1 fully saturated rings. The number of aliphatic hydroxyl groups excluding tert-OH is 2. The number of carbonyl (C=O) groups excluding carboxylic acids is 1. The molecule has 6 heteroatoms. The van der Waals surface area contributed by atoms with E-state index in [1.54, 1.807) is 24.3 Å². The standard InChI is InChI=1S/C25H35NO5/c1-23(2)14-24(3,4)16-25(31,15-23)10-8-21(29)19-6-5-7-20-18(19)9-11-26(22(20)30)17(12-27)13-28/h5-7,9,11,17,27-28,31H,8,10,12-16H2,1-4H3. The fourth-order valence-electron chi connectivity index (χ4n) is 5.98. The van der Waals surface area contributed by atoms with Crippen LogP contribution in [0.15, 0.2) is 35.3 Å². The summed E-state index contributed by atoms with van der Waals surface area (Å²) >= 11 is 0. The van der Waals surface area contributed by atoms with Gasteiger partial charge in [-0.05, 0) is 54.0 Å². The number of Topliss-reactive ketones (excluding diaryl/α,β-unsaturated/α-hetero) is 1. The van der Waals surface area contributed by atoms with Crippen LogP contribution in [0.3, 0.4) is 0 Å². The van der Waals surface area contributed by atoms with E-state index >= 15 is 0 Å². The van der Waals surface area contributed by atoms with E-state index in [9.17, 15) is 24.9 Å². The van der Waals surface area contributed by atoms with Crippen LogP contribution in [0.5, 0.6) is 0 Å². The Morgan fingerprint density at radius 3 is 2.19 bits per heavy atom. The Morgan fingerprint density at radius 1 is 1.00 bits per heavy atom. The van der Waals surface area contributed by atoms with E-state index in [1.807, 2.05) is 0 Å². The first-order valence-electron chi connectivity index (χ1n) is 11.0. The fourth-order valence-corrected chi connectivity index (χ4v) is 5.98. The van der Waals surface area contributed by atoms with Crippen LogP contribution in [0, 0.1) is 10.8 Å². The predicted octanol–water partition coefficient (Wildman–Crippen LogP) is 3.46. The van der Waals surface area contributed by atoms with E-state index in [0.717, 1.165) is 6.42 Å². The second kappa shape index (κ2) is 8.49. The summed E-state index contributed by atoms with van der Waals surface area (Å²) in [5.41, 5.74) is -0.743. The van der Waals surface area contributed by atoms with Crippen molar-refractivity contribution in [3.63, 3.8) is 0 Å². The van der Waals surface area contributed by atoms with E-state index < -0.39 is 11.6 Å². The zero-order valence-corrected chi connectivity index (χ0v) is 19.0. The summed E-state index contributed by atoms with van der Waals surface area (Å²) in [6.45, 7) is 7.97. The van der Waals surface area contributed by atoms with E-state index in [1.165, 1.54) is 10.8 Å². The maximum atomic E-state index is 13.1. The zero-order chi connectivity index (χ0) is 23.0. The van der Waals surface area contributed by atoms with Crippen molar-refractivity contribution < 1.29 is 20.1 Å². The minimum atomic E-state index is -0.881. The molecule has 1 aromatic carbocycles. The van der Waals surface area contributed by atoms with Crippen LogP contribution in [0.4, 0.5) is 0 Å². The van der Waals surface area contributed by atoms with Gasteiger partial charge in [0.2, 0.25) is 0 Å². The van der Waals surface area contributed by atoms with Gasteiger partial charge < -0.3 is 19.9 Å². The molecule has 3 N–H and O–H groups in total. The zero-order valence-electron chi connectivity index (χ0n) is 19.0. The van der Waals surface area contributed by atoms with Gasteiger partial charge in [-0.3, -0.25) is 9.59 Å². The number of aliphatic hydroxyl groups is 3. The molecule has 0 amide bonds. The number of rotatable bonds is 7. The summed E-state index contributed by atoms with van der Waals surface area (Å²) in [4.78, 5) is 26.0. The Morgan fingerprint density at radius 2 is 1.61 bits per heavy atom. The Labute approximate surface area is 183 Å². The van der Waals surface area contributed by atoms with Crippen LogP contribution < -0.4 is 5.56 Å². The third kappa shape index (κ3) is 5.08. The lowest BCUT2D eigenvalue weighted by Crippen LogP contribution is -2.46. The van der Waals surface area contributed by atoms with Gasteiger partial charge in [0, 0.05) is 23.6 Å². The SMILES string of the molecule is CC1(C)CC(C)(C)CC(O)(CCC(=O)c2cccc3c(=O)n(C(CO)CO)ccc23)C1. The van der Waals surface area contributed by atoms with Gasteiger partial charge in [0.1, 0.15) is 0 Å². The number of ketones is 1. The number of hydrogen-bond acceptors (Lipinski definition) is 5. The molecule has 0 atom stereocenters. The number of nitrogens with zero attached hydrogens (tertiary/aromatic N) is 1. The van der Waals surface area contributed by atoms with Crippen LogP contribution in [-0.2, 0) is 0 Å². The van der Waals surface area contributed by atoms with E-state index in [-0.39, 0.29) is 41.8 Å². The van der Waals surface area contributed by atoms with Gasteiger partial charge in [-0.25, -0.2) is 0 Å². The van der Waals surface area contributed by atoms with Gasteiger partial charge in [-0.2, -0.15) is 0 Å². The lowest BCUT2D eigenvalue weighted by Gasteiger charge is -2.49. The molecule has 170 valence electrons. The van der Waals surface area contributed by atoms with Crippen LogP contribution in [0.1, 0.15) is 76.2 Å². The average molecular weight is 430 g/mol. The molecule has 6 nitrogen and oxygen atoms in total. The Bertz CT molecular complexity index is 1000. The lowest BCUT2D eigenvalue weighted by molar-refractivity contribution is -0.0901. The normalized spacial score (nSPS) is 19.6. The summed E-state index contributed by atoms with van der Waals surface area (Å²) < 4.78 is 1.30. The van der Waals surface area contributed by atoms with E-state index in [4.69, 9.17) is 0 Å². The molecular formula is C25H35NO5. The van der Waals surface area contributed by atoms with Crippen LogP contribution >= 0.6 is 0 Å². The number of hydrogen-bond donors (Lipinski definition) is 3. The van der Waals surface area contributed by atoms with Gasteiger partial charge in [0.25, 0.3) is 5.56 Å². The Balaban J connectivity index is 1.86. The largest absolute Gasteiger partial charge is 0.394 e. The van der Waals surface area contributed by atoms with Crippen LogP contribution in [0.25, 0.3) is 10.8 Å². The molecule has 1 aliphatic carbocycles. The number of pyridine rings is 1. The number of aromatic nitrogens is 1. The highest BCUT2D eigenvalue weighted by atomic mass is 16.3. The number of fused-ring (bicyclic) bond motifs is 1. The third-order valence-electron chi connectivity index (χ3n) is 6.48. The highest BCUT2D eigenvalue weighted by Gasteiger charge is 2.46. The first-order valence-corrected chi connectivity index (χ1v) is 11.0. The summed E-state index contributed by atoms with van der Waals surface area (Å²) in [5.74, 6) is -0.0989. The van der Waals surface area contributed by atoms with E-state index in [2.05, 4.69) is 27.7 Å². The van der Waals surface area contributed by atoms with Gasteiger partial charge in [0.05, 0.1) is 24.9 Å². The molecule has 0 radical (unpaired) electrons. The maximum absolute atomic E-state index is 13.1. The van der Waals surface area contributed by atoms with Gasteiger partial charge in [-0.15, -0.1) is 0 Å². The first kappa shape index (κ1) is 23.6. The Hall–Kier alpha value is -2.02. The fraction of sp³-hybridized carbons (Fsp3) is 0.600. The van der Waals surface area contributed by atoms with Crippen molar-refractivity contribution in [1.29, 1.82) is 0 Å². The molecule has 0 bridgehead atoms. The van der Waals surface area contributed by atoms with Gasteiger partial charge >= 0.3 is 0 Å². The van der Waals surface area contributed by atoms with Gasteiger partial charge in [-0.1, -0.05) is 39.8 Å². The summed E-state index contributed by atoms with van der Waals surface area (Å²) in [6, 6.07) is 6.00. The molecule has 1 aliphatic rings. The summed E-state index contributed by atoms with van der Waals surface area (Å²) in [6.07, 6.45) is 4.48. The molecule has 31 heavy (non-hydrogen) atoms. The quantitative estimate of drug-likeness (QED) is 0.586.